The van der Waals surface area contributed by atoms with E-state index in [9.17, 15) is 9.59 Å². The van der Waals surface area contributed by atoms with Gasteiger partial charge in [0.2, 0.25) is 5.91 Å². The average molecular weight is 456 g/mol. The van der Waals surface area contributed by atoms with Crippen molar-refractivity contribution in [1.82, 2.24) is 14.9 Å². The first-order valence-electron chi connectivity index (χ1n) is 11.9. The maximum Gasteiger partial charge on any atom is 0.262 e. The predicted molar refractivity (Wildman–Crippen MR) is 127 cm³/mol. The van der Waals surface area contributed by atoms with Gasteiger partial charge in [-0.25, -0.2) is 4.98 Å². The lowest BCUT2D eigenvalue weighted by Gasteiger charge is -2.57. The maximum absolute atomic E-state index is 13.3. The van der Waals surface area contributed by atoms with E-state index in [1.807, 2.05) is 32.0 Å². The van der Waals surface area contributed by atoms with Gasteiger partial charge in [0, 0.05) is 12.6 Å². The summed E-state index contributed by atoms with van der Waals surface area (Å²) in [6, 6.07) is 7.22. The van der Waals surface area contributed by atoms with E-state index < -0.39 is 0 Å². The van der Waals surface area contributed by atoms with E-state index in [1.165, 1.54) is 31.0 Å². The Morgan fingerprint density at radius 1 is 1.19 bits per heavy atom. The molecule has 0 unspecified atom stereocenters. The standard InChI is InChI=1S/C25H33N3O3S/c1-15(14-31-3)28-23(30)20-6-4-5-7-21(20)26-24(28)32-16(2)22(29)27-25-11-17-8-18(12-25)10-19(9-17)13-25/h4-7,15-19H,8-14H2,1-3H3,(H,27,29)/t15-,16+,17?,18?,19?,25?/m1/s1. The Kier molecular flexibility index (Phi) is 5.82. The number of nitrogens with zero attached hydrogens (tertiary/aromatic N) is 2. The normalized spacial score (nSPS) is 30.4. The molecule has 0 saturated heterocycles. The molecule has 1 N–H and O–H groups in total. The minimum Gasteiger partial charge on any atom is -0.383 e. The fourth-order valence-corrected chi connectivity index (χ4v) is 7.76. The second kappa shape index (κ2) is 8.49. The number of rotatable bonds is 7. The Labute approximate surface area is 193 Å². The first kappa shape index (κ1) is 22.0. The number of ether oxygens (including phenoxy) is 1. The lowest BCUT2D eigenvalue weighted by atomic mass is 9.53. The SMILES string of the molecule is COC[C@@H](C)n1c(S[C@@H](C)C(=O)NC23CC4CC(CC(C4)C2)C3)nc2ccccc2c1=O. The van der Waals surface area contributed by atoms with Gasteiger partial charge in [-0.1, -0.05) is 23.9 Å². The summed E-state index contributed by atoms with van der Waals surface area (Å²) < 4.78 is 7.00. The molecule has 4 fully saturated rings. The molecule has 1 amide bonds. The molecule has 4 aliphatic rings. The summed E-state index contributed by atoms with van der Waals surface area (Å²) in [5.41, 5.74) is 0.561. The summed E-state index contributed by atoms with van der Waals surface area (Å²) in [4.78, 5) is 31.4. The van der Waals surface area contributed by atoms with Crippen LogP contribution in [0.1, 0.15) is 58.4 Å². The molecule has 1 aromatic heterocycles. The number of para-hydroxylation sites is 1. The second-order valence-electron chi connectivity index (χ2n) is 10.3. The molecule has 0 aliphatic heterocycles. The highest BCUT2D eigenvalue weighted by atomic mass is 32.2. The van der Waals surface area contributed by atoms with Crippen LogP contribution in [0.3, 0.4) is 0 Å². The minimum absolute atomic E-state index is 0.0134. The molecule has 7 heteroatoms. The van der Waals surface area contributed by atoms with Gasteiger partial charge in [0.25, 0.3) is 5.56 Å². The van der Waals surface area contributed by atoms with Crippen LogP contribution in [-0.2, 0) is 9.53 Å². The molecule has 32 heavy (non-hydrogen) atoms. The van der Waals surface area contributed by atoms with Crippen molar-refractivity contribution in [1.29, 1.82) is 0 Å². The van der Waals surface area contributed by atoms with Gasteiger partial charge >= 0.3 is 0 Å². The van der Waals surface area contributed by atoms with Crippen LogP contribution in [0.5, 0.6) is 0 Å². The molecule has 6 nitrogen and oxygen atoms in total. The molecule has 1 heterocycles. The number of amides is 1. The average Bonchev–Trinajstić information content (AvgIpc) is 2.72. The number of nitrogens with one attached hydrogen (secondary N) is 1. The van der Waals surface area contributed by atoms with E-state index in [1.54, 1.807) is 17.7 Å². The highest BCUT2D eigenvalue weighted by molar-refractivity contribution is 8.00. The molecule has 0 spiro atoms. The van der Waals surface area contributed by atoms with Crippen molar-refractivity contribution in [2.75, 3.05) is 13.7 Å². The van der Waals surface area contributed by atoms with Gasteiger partial charge in [-0.2, -0.15) is 0 Å². The number of benzene rings is 1. The summed E-state index contributed by atoms with van der Waals surface area (Å²) in [7, 11) is 1.63. The number of hydrogen-bond donors (Lipinski definition) is 1. The van der Waals surface area contributed by atoms with Crippen LogP contribution in [0.2, 0.25) is 0 Å². The molecular weight excluding hydrogens is 422 g/mol. The number of carbonyl (C=O) groups is 1. The Bertz CT molecular complexity index is 1050. The highest BCUT2D eigenvalue weighted by Gasteiger charge is 2.51. The van der Waals surface area contributed by atoms with Crippen LogP contribution >= 0.6 is 11.8 Å². The molecule has 1 aromatic carbocycles. The molecule has 0 radical (unpaired) electrons. The fraction of sp³-hybridized carbons (Fsp3) is 0.640. The summed E-state index contributed by atoms with van der Waals surface area (Å²) in [5.74, 6) is 2.41. The Morgan fingerprint density at radius 2 is 1.81 bits per heavy atom. The summed E-state index contributed by atoms with van der Waals surface area (Å²) in [5, 5.41) is 4.30. The van der Waals surface area contributed by atoms with Crippen molar-refractivity contribution in [3.63, 3.8) is 0 Å². The van der Waals surface area contributed by atoms with E-state index >= 15 is 0 Å². The van der Waals surface area contributed by atoms with E-state index in [4.69, 9.17) is 9.72 Å². The van der Waals surface area contributed by atoms with Crippen LogP contribution in [0.25, 0.3) is 10.9 Å². The van der Waals surface area contributed by atoms with Gasteiger partial charge in [0.1, 0.15) is 0 Å². The van der Waals surface area contributed by atoms with Gasteiger partial charge in [-0.3, -0.25) is 14.2 Å². The lowest BCUT2D eigenvalue weighted by Crippen LogP contribution is -2.60. The Hall–Kier alpha value is -1.86. The third-order valence-electron chi connectivity index (χ3n) is 7.70. The number of aromatic nitrogens is 2. The molecule has 6 rings (SSSR count). The minimum atomic E-state index is -0.336. The highest BCUT2D eigenvalue weighted by Crippen LogP contribution is 2.55. The van der Waals surface area contributed by atoms with Crippen LogP contribution in [0.15, 0.2) is 34.2 Å². The monoisotopic (exact) mass is 455 g/mol. The Morgan fingerprint density at radius 3 is 2.44 bits per heavy atom. The summed E-state index contributed by atoms with van der Waals surface area (Å²) in [6.07, 6.45) is 7.45. The smallest absolute Gasteiger partial charge is 0.262 e. The van der Waals surface area contributed by atoms with Crippen molar-refractivity contribution in [3.8, 4) is 0 Å². The number of fused-ring (bicyclic) bond motifs is 1. The zero-order chi connectivity index (χ0) is 22.5. The molecule has 2 aromatic rings. The van der Waals surface area contributed by atoms with E-state index in [-0.39, 0.29) is 28.3 Å². The number of methoxy groups -OCH3 is 1. The largest absolute Gasteiger partial charge is 0.383 e. The van der Waals surface area contributed by atoms with Crippen molar-refractivity contribution >= 4 is 28.6 Å². The predicted octanol–water partition coefficient (Wildman–Crippen LogP) is 4.17. The van der Waals surface area contributed by atoms with Crippen molar-refractivity contribution in [2.24, 2.45) is 17.8 Å². The second-order valence-corrected chi connectivity index (χ2v) is 11.6. The number of hydrogen-bond acceptors (Lipinski definition) is 5. The molecule has 172 valence electrons. The van der Waals surface area contributed by atoms with E-state index in [0.717, 1.165) is 37.0 Å². The third-order valence-corrected chi connectivity index (χ3v) is 8.77. The van der Waals surface area contributed by atoms with Crippen LogP contribution in [-0.4, -0.2) is 40.0 Å². The van der Waals surface area contributed by atoms with Crippen molar-refractivity contribution in [2.45, 2.75) is 74.4 Å². The number of carbonyl (C=O) groups excluding carboxylic acids is 1. The molecular formula is C25H33N3O3S. The van der Waals surface area contributed by atoms with E-state index in [2.05, 4.69) is 5.32 Å². The van der Waals surface area contributed by atoms with Gasteiger partial charge in [-0.05, 0) is 82.3 Å². The van der Waals surface area contributed by atoms with E-state index in [0.29, 0.717) is 22.7 Å². The van der Waals surface area contributed by atoms with Gasteiger partial charge in [0.15, 0.2) is 5.16 Å². The fourth-order valence-electron chi connectivity index (χ4n) is 6.75. The number of thioether (sulfide) groups is 1. The molecule has 4 saturated carbocycles. The van der Waals surface area contributed by atoms with Crippen LogP contribution in [0.4, 0.5) is 0 Å². The van der Waals surface area contributed by atoms with Gasteiger partial charge in [-0.15, -0.1) is 0 Å². The topological polar surface area (TPSA) is 73.2 Å². The third kappa shape index (κ3) is 3.98. The molecule has 4 bridgehead atoms. The van der Waals surface area contributed by atoms with Crippen molar-refractivity contribution in [3.05, 3.63) is 34.6 Å². The first-order chi connectivity index (χ1) is 15.4. The Balaban J connectivity index is 1.39. The molecule has 4 aliphatic carbocycles. The maximum atomic E-state index is 13.3. The first-order valence-corrected chi connectivity index (χ1v) is 12.7. The van der Waals surface area contributed by atoms with Gasteiger partial charge in [0.05, 0.1) is 28.8 Å². The zero-order valence-electron chi connectivity index (χ0n) is 19.2. The van der Waals surface area contributed by atoms with Crippen molar-refractivity contribution < 1.29 is 9.53 Å². The zero-order valence-corrected chi connectivity index (χ0v) is 20.0. The summed E-state index contributed by atoms with van der Waals surface area (Å²) in [6.45, 7) is 4.28. The van der Waals surface area contributed by atoms with Crippen LogP contribution in [0, 0.1) is 17.8 Å². The quantitative estimate of drug-likeness (QED) is 0.501. The lowest BCUT2D eigenvalue weighted by molar-refractivity contribution is -0.126. The van der Waals surface area contributed by atoms with Gasteiger partial charge < -0.3 is 10.1 Å². The summed E-state index contributed by atoms with van der Waals surface area (Å²) >= 11 is 1.37. The van der Waals surface area contributed by atoms with Crippen LogP contribution < -0.4 is 10.9 Å². The molecule has 2 atom stereocenters.